The molecule has 0 fully saturated rings. The van der Waals surface area contributed by atoms with Gasteiger partial charge in [0.15, 0.2) is 0 Å². The van der Waals surface area contributed by atoms with E-state index in [1.165, 1.54) is 0 Å². The Kier molecular flexibility index (Phi) is 4.46. The van der Waals surface area contributed by atoms with E-state index < -0.39 is 9.84 Å². The van der Waals surface area contributed by atoms with Gasteiger partial charge in [0.05, 0.1) is 9.79 Å². The van der Waals surface area contributed by atoms with Gasteiger partial charge in [-0.25, -0.2) is 8.42 Å². The van der Waals surface area contributed by atoms with Crippen molar-refractivity contribution in [1.29, 1.82) is 0 Å². The molecule has 2 nitrogen and oxygen atoms in total. The highest BCUT2D eigenvalue weighted by atomic mass is 32.2. The summed E-state index contributed by atoms with van der Waals surface area (Å²) >= 11 is 0. The molecule has 2 rings (SSSR count). The highest BCUT2D eigenvalue weighted by Gasteiger charge is 2.29. The van der Waals surface area contributed by atoms with Gasteiger partial charge in [0.1, 0.15) is 0 Å². The van der Waals surface area contributed by atoms with E-state index >= 15 is 0 Å². The Morgan fingerprint density at radius 1 is 0.739 bits per heavy atom. The summed E-state index contributed by atoms with van der Waals surface area (Å²) in [6.07, 6.45) is 0. The van der Waals surface area contributed by atoms with Crippen molar-refractivity contribution in [2.24, 2.45) is 0 Å². The molecule has 0 unspecified atom stereocenters. The second kappa shape index (κ2) is 5.79. The number of rotatable bonds is 2. The molecule has 0 atom stereocenters. The summed E-state index contributed by atoms with van der Waals surface area (Å²) in [5.74, 6) is 0. The minimum Gasteiger partial charge on any atom is -0.219 e. The lowest BCUT2D eigenvalue weighted by Gasteiger charge is -2.26. The average Bonchev–Trinajstić information content (AvgIpc) is 2.45. The summed E-state index contributed by atoms with van der Waals surface area (Å²) in [5.41, 5.74) is 1.54. The van der Waals surface area contributed by atoms with Crippen LogP contribution in [0, 0.1) is 0 Å². The van der Waals surface area contributed by atoms with Crippen LogP contribution in [0.5, 0.6) is 0 Å². The van der Waals surface area contributed by atoms with Gasteiger partial charge in [0, 0.05) is 0 Å². The minimum absolute atomic E-state index is 0.0998. The average molecular weight is 330 g/mol. The van der Waals surface area contributed by atoms with Crippen LogP contribution in [0.4, 0.5) is 0 Å². The first-order valence-corrected chi connectivity index (χ1v) is 9.37. The second-order valence-electron chi connectivity index (χ2n) is 8.03. The lowest BCUT2D eigenvalue weighted by Crippen LogP contribution is -2.20. The molecule has 2 aromatic carbocycles. The normalized spacial score (nSPS) is 13.1. The molecular weight excluding hydrogens is 304 g/mol. The van der Waals surface area contributed by atoms with E-state index in [2.05, 4.69) is 20.8 Å². The van der Waals surface area contributed by atoms with E-state index in [0.717, 1.165) is 11.1 Å². The van der Waals surface area contributed by atoms with Crippen LogP contribution in [-0.2, 0) is 20.7 Å². The van der Waals surface area contributed by atoms with Gasteiger partial charge in [0.2, 0.25) is 9.84 Å². The molecule has 124 valence electrons. The van der Waals surface area contributed by atoms with Gasteiger partial charge in [0.25, 0.3) is 0 Å². The van der Waals surface area contributed by atoms with E-state index in [9.17, 15) is 8.42 Å². The van der Waals surface area contributed by atoms with Crippen molar-refractivity contribution in [2.75, 3.05) is 0 Å². The van der Waals surface area contributed by atoms with Crippen LogP contribution in [0.3, 0.4) is 0 Å². The Hall–Kier alpha value is -1.61. The van der Waals surface area contributed by atoms with Crippen LogP contribution >= 0.6 is 0 Å². The van der Waals surface area contributed by atoms with Crippen LogP contribution in [-0.4, -0.2) is 8.42 Å². The van der Waals surface area contributed by atoms with Crippen molar-refractivity contribution >= 4 is 9.84 Å². The van der Waals surface area contributed by atoms with Crippen LogP contribution < -0.4 is 0 Å². The molecule has 0 spiro atoms. The van der Waals surface area contributed by atoms with Gasteiger partial charge in [-0.3, -0.25) is 0 Å². The SMILES string of the molecule is CC(C)(C)c1ccc(C(C)(C)C)c(S(=O)(=O)c2ccccc2)c1. The molecule has 0 bridgehead atoms. The maximum Gasteiger partial charge on any atom is 0.206 e. The van der Waals surface area contributed by atoms with Gasteiger partial charge < -0.3 is 0 Å². The van der Waals surface area contributed by atoms with Gasteiger partial charge in [-0.15, -0.1) is 0 Å². The summed E-state index contributed by atoms with van der Waals surface area (Å²) in [4.78, 5) is 0.764. The fraction of sp³-hybridized carbons (Fsp3) is 0.400. The Morgan fingerprint density at radius 3 is 1.78 bits per heavy atom. The third kappa shape index (κ3) is 3.66. The van der Waals surface area contributed by atoms with Crippen LogP contribution in [0.2, 0.25) is 0 Å². The molecule has 0 amide bonds. The largest absolute Gasteiger partial charge is 0.219 e. The Morgan fingerprint density at radius 2 is 1.30 bits per heavy atom. The van der Waals surface area contributed by atoms with Crippen molar-refractivity contribution in [3.63, 3.8) is 0 Å². The van der Waals surface area contributed by atoms with E-state index in [0.29, 0.717) is 9.79 Å². The van der Waals surface area contributed by atoms with Gasteiger partial charge in [-0.1, -0.05) is 71.9 Å². The van der Waals surface area contributed by atoms with E-state index in [-0.39, 0.29) is 10.8 Å². The number of sulfone groups is 1. The Balaban J connectivity index is 2.78. The quantitative estimate of drug-likeness (QED) is 0.766. The molecule has 23 heavy (non-hydrogen) atoms. The van der Waals surface area contributed by atoms with Crippen molar-refractivity contribution in [3.05, 3.63) is 59.7 Å². The summed E-state index contributed by atoms with van der Waals surface area (Å²) in [5, 5.41) is 0. The fourth-order valence-corrected chi connectivity index (χ4v) is 4.27. The number of hydrogen-bond acceptors (Lipinski definition) is 2. The number of hydrogen-bond donors (Lipinski definition) is 0. The summed E-state index contributed by atoms with van der Waals surface area (Å²) < 4.78 is 26.4. The molecular formula is C20H26O2S. The van der Waals surface area contributed by atoms with Crippen molar-refractivity contribution < 1.29 is 8.42 Å². The molecule has 0 aliphatic heterocycles. The van der Waals surface area contributed by atoms with Crippen molar-refractivity contribution in [1.82, 2.24) is 0 Å². The lowest BCUT2D eigenvalue weighted by atomic mass is 9.82. The molecule has 0 N–H and O–H groups in total. The molecule has 3 heteroatoms. The molecule has 2 aromatic rings. The van der Waals surface area contributed by atoms with Crippen LogP contribution in [0.1, 0.15) is 52.7 Å². The minimum atomic E-state index is -3.54. The molecule has 0 heterocycles. The van der Waals surface area contributed by atoms with E-state index in [1.807, 2.05) is 45.0 Å². The van der Waals surface area contributed by atoms with E-state index in [4.69, 9.17) is 0 Å². The highest BCUT2D eigenvalue weighted by molar-refractivity contribution is 7.91. The Bertz CT molecular complexity index is 790. The second-order valence-corrected chi connectivity index (χ2v) is 9.95. The first-order valence-electron chi connectivity index (χ1n) is 7.89. The fourth-order valence-electron chi connectivity index (χ4n) is 2.56. The van der Waals surface area contributed by atoms with Gasteiger partial charge in [-0.2, -0.15) is 0 Å². The molecule has 0 saturated carbocycles. The molecule has 0 radical (unpaired) electrons. The zero-order valence-electron chi connectivity index (χ0n) is 14.8. The molecule has 0 aliphatic rings. The Labute approximate surface area is 140 Å². The number of benzene rings is 2. The zero-order valence-corrected chi connectivity index (χ0v) is 15.7. The monoisotopic (exact) mass is 330 g/mol. The smallest absolute Gasteiger partial charge is 0.206 e. The summed E-state index contributed by atoms with van der Waals surface area (Å²) in [6, 6.07) is 14.5. The first kappa shape index (κ1) is 17.7. The topological polar surface area (TPSA) is 34.1 Å². The van der Waals surface area contributed by atoms with Crippen molar-refractivity contribution in [2.45, 2.75) is 62.2 Å². The predicted molar refractivity (Wildman–Crippen MR) is 95.7 cm³/mol. The molecule has 0 saturated heterocycles. The summed E-state index contributed by atoms with van der Waals surface area (Å²) in [6.45, 7) is 12.4. The zero-order chi connectivity index (χ0) is 17.5. The molecule has 0 aromatic heterocycles. The van der Waals surface area contributed by atoms with Crippen LogP contribution in [0.25, 0.3) is 0 Å². The third-order valence-electron chi connectivity index (χ3n) is 4.00. The van der Waals surface area contributed by atoms with Gasteiger partial charge in [-0.05, 0) is 40.2 Å². The standard InChI is InChI=1S/C20H26O2S/c1-19(2,3)15-12-13-17(20(4,5)6)18(14-15)23(21,22)16-10-8-7-9-11-16/h7-14H,1-6H3. The lowest BCUT2D eigenvalue weighted by molar-refractivity contribution is 0.553. The maximum atomic E-state index is 13.2. The third-order valence-corrected chi connectivity index (χ3v) is 5.81. The first-order chi connectivity index (χ1) is 10.4. The predicted octanol–water partition coefficient (Wildman–Crippen LogP) is 5.11. The molecule has 0 aliphatic carbocycles. The van der Waals surface area contributed by atoms with E-state index in [1.54, 1.807) is 24.3 Å². The van der Waals surface area contributed by atoms with Gasteiger partial charge >= 0.3 is 0 Å². The van der Waals surface area contributed by atoms with Crippen LogP contribution in [0.15, 0.2) is 58.3 Å². The maximum absolute atomic E-state index is 13.2. The highest BCUT2D eigenvalue weighted by Crippen LogP contribution is 2.35. The summed E-state index contributed by atoms with van der Waals surface area (Å²) in [7, 11) is -3.54. The van der Waals surface area contributed by atoms with Crippen molar-refractivity contribution in [3.8, 4) is 0 Å².